The van der Waals surface area contributed by atoms with Crippen molar-refractivity contribution in [1.82, 2.24) is 10.3 Å². The molecular weight excluding hydrogens is 326 g/mol. The molecule has 2 aliphatic heterocycles. The Labute approximate surface area is 152 Å². The minimum atomic E-state index is -0.207. The lowest BCUT2D eigenvalue weighted by molar-refractivity contribution is 0.133. The number of allylic oxidation sites excluding steroid dienone is 2. The number of ether oxygens (including phenoxy) is 2. The summed E-state index contributed by atoms with van der Waals surface area (Å²) in [5.74, 6) is 2.41. The van der Waals surface area contributed by atoms with Crippen molar-refractivity contribution in [1.29, 1.82) is 0 Å². The van der Waals surface area contributed by atoms with E-state index in [-0.39, 0.29) is 18.2 Å². The molecule has 130 valence electrons. The fraction of sp³-hybridized carbons (Fsp3) is 0.238. The third-order valence-corrected chi connectivity index (χ3v) is 4.97. The summed E-state index contributed by atoms with van der Waals surface area (Å²) in [6, 6.07) is 12.0. The van der Waals surface area contributed by atoms with Gasteiger partial charge in [-0.15, -0.1) is 0 Å². The summed E-state index contributed by atoms with van der Waals surface area (Å²) in [5, 5.41) is 3.54. The second-order valence-corrected chi connectivity index (χ2v) is 6.74. The number of aromatic nitrogens is 1. The molecule has 0 amide bonds. The first kappa shape index (κ1) is 15.2. The van der Waals surface area contributed by atoms with E-state index in [0.717, 1.165) is 17.3 Å². The molecule has 0 radical (unpaired) electrons. The van der Waals surface area contributed by atoms with Crippen molar-refractivity contribution >= 4 is 11.4 Å². The van der Waals surface area contributed by atoms with Crippen LogP contribution in [0.3, 0.4) is 0 Å². The number of hydrogen-bond acceptors (Lipinski definition) is 5. The Morgan fingerprint density at radius 2 is 1.88 bits per heavy atom. The van der Waals surface area contributed by atoms with Gasteiger partial charge in [-0.25, -0.2) is 0 Å². The summed E-state index contributed by atoms with van der Waals surface area (Å²) in [4.78, 5) is 8.99. The second kappa shape index (κ2) is 6.02. The fourth-order valence-corrected chi connectivity index (χ4v) is 3.66. The SMILES string of the molecule is CC1=CC(c2ccncc2)=CC2NC(C3COc4ccccc4O3)=NC12. The van der Waals surface area contributed by atoms with Crippen molar-refractivity contribution in [2.75, 3.05) is 6.61 Å². The van der Waals surface area contributed by atoms with E-state index in [1.165, 1.54) is 16.7 Å². The molecule has 3 aliphatic rings. The largest absolute Gasteiger partial charge is 0.485 e. The van der Waals surface area contributed by atoms with E-state index in [0.29, 0.717) is 6.61 Å². The number of para-hydroxylation sites is 2. The van der Waals surface area contributed by atoms with Gasteiger partial charge in [-0.1, -0.05) is 24.3 Å². The third-order valence-electron chi connectivity index (χ3n) is 4.97. The molecule has 5 heteroatoms. The topological polar surface area (TPSA) is 55.7 Å². The van der Waals surface area contributed by atoms with E-state index in [1.54, 1.807) is 0 Å². The molecule has 5 rings (SSSR count). The number of benzene rings is 1. The molecule has 3 unspecified atom stereocenters. The van der Waals surface area contributed by atoms with Gasteiger partial charge >= 0.3 is 0 Å². The predicted octanol–water partition coefficient (Wildman–Crippen LogP) is 3.00. The van der Waals surface area contributed by atoms with Crippen LogP contribution in [0.4, 0.5) is 0 Å². The van der Waals surface area contributed by atoms with E-state index >= 15 is 0 Å². The van der Waals surface area contributed by atoms with Gasteiger partial charge in [0.15, 0.2) is 17.6 Å². The highest BCUT2D eigenvalue weighted by Gasteiger charge is 2.36. The van der Waals surface area contributed by atoms with Gasteiger partial charge in [0, 0.05) is 12.4 Å². The van der Waals surface area contributed by atoms with Gasteiger partial charge in [0.25, 0.3) is 0 Å². The molecule has 1 aromatic carbocycles. The summed E-state index contributed by atoms with van der Waals surface area (Å²) in [6.07, 6.45) is 7.88. The van der Waals surface area contributed by atoms with E-state index in [1.807, 2.05) is 48.8 Å². The van der Waals surface area contributed by atoms with Gasteiger partial charge < -0.3 is 14.8 Å². The van der Waals surface area contributed by atoms with Gasteiger partial charge in [0.2, 0.25) is 0 Å². The number of aliphatic imine (C=N–C) groups is 1. The molecule has 0 spiro atoms. The standard InChI is InChI=1S/C21H19N3O2/c1-13-10-15(14-6-8-22-9-7-14)11-16-20(13)24-21(23-16)19-12-25-17-4-2-3-5-18(17)26-19/h2-11,16,19-20H,12H2,1H3,(H,23,24). The monoisotopic (exact) mass is 345 g/mol. The van der Waals surface area contributed by atoms with Crippen molar-refractivity contribution < 1.29 is 9.47 Å². The average Bonchev–Trinajstić information content (AvgIpc) is 3.13. The first-order valence-corrected chi connectivity index (χ1v) is 8.81. The fourth-order valence-electron chi connectivity index (χ4n) is 3.66. The Morgan fingerprint density at radius 1 is 1.08 bits per heavy atom. The Morgan fingerprint density at radius 3 is 2.73 bits per heavy atom. The van der Waals surface area contributed by atoms with Crippen molar-refractivity contribution in [2.24, 2.45) is 4.99 Å². The van der Waals surface area contributed by atoms with Gasteiger partial charge in [-0.3, -0.25) is 9.98 Å². The molecule has 3 heterocycles. The number of fused-ring (bicyclic) bond motifs is 2. The summed E-state index contributed by atoms with van der Waals surface area (Å²) in [7, 11) is 0. The highest BCUT2D eigenvalue weighted by Crippen LogP contribution is 2.33. The molecule has 0 saturated heterocycles. The van der Waals surface area contributed by atoms with E-state index in [2.05, 4.69) is 29.4 Å². The molecule has 5 nitrogen and oxygen atoms in total. The van der Waals surface area contributed by atoms with Crippen LogP contribution in [-0.2, 0) is 0 Å². The van der Waals surface area contributed by atoms with Gasteiger partial charge in [-0.05, 0) is 47.9 Å². The average molecular weight is 345 g/mol. The number of rotatable bonds is 2. The summed E-state index contributed by atoms with van der Waals surface area (Å²) in [5.41, 5.74) is 3.60. The molecule has 1 aliphatic carbocycles. The van der Waals surface area contributed by atoms with Gasteiger partial charge in [0.05, 0.1) is 12.1 Å². The molecule has 0 saturated carbocycles. The third kappa shape index (κ3) is 2.56. The minimum absolute atomic E-state index is 0.108. The van der Waals surface area contributed by atoms with Crippen molar-refractivity contribution in [3.8, 4) is 11.5 Å². The molecule has 3 atom stereocenters. The molecule has 1 aromatic heterocycles. The Bertz CT molecular complexity index is 933. The lowest BCUT2D eigenvalue weighted by Crippen LogP contribution is -2.45. The zero-order valence-corrected chi connectivity index (χ0v) is 14.4. The van der Waals surface area contributed by atoms with Crippen molar-refractivity contribution in [3.05, 3.63) is 72.1 Å². The second-order valence-electron chi connectivity index (χ2n) is 6.74. The number of nitrogens with one attached hydrogen (secondary N) is 1. The van der Waals surface area contributed by atoms with E-state index in [4.69, 9.17) is 14.5 Å². The maximum absolute atomic E-state index is 6.10. The summed E-state index contributed by atoms with van der Waals surface area (Å²) < 4.78 is 11.9. The molecule has 26 heavy (non-hydrogen) atoms. The molecule has 2 aromatic rings. The van der Waals surface area contributed by atoms with E-state index < -0.39 is 0 Å². The quantitative estimate of drug-likeness (QED) is 0.909. The number of hydrogen-bond donors (Lipinski definition) is 1. The molecule has 0 bridgehead atoms. The normalized spacial score (nSPS) is 26.2. The van der Waals surface area contributed by atoms with Crippen LogP contribution in [0.15, 0.2) is 71.5 Å². The van der Waals surface area contributed by atoms with Crippen LogP contribution in [0.1, 0.15) is 12.5 Å². The molecule has 0 fully saturated rings. The lowest BCUT2D eigenvalue weighted by atomic mass is 9.90. The Kier molecular flexibility index (Phi) is 3.52. The highest BCUT2D eigenvalue weighted by atomic mass is 16.6. The Balaban J connectivity index is 1.39. The maximum atomic E-state index is 6.10. The molecular formula is C21H19N3O2. The first-order chi connectivity index (χ1) is 12.8. The highest BCUT2D eigenvalue weighted by molar-refractivity contribution is 5.91. The van der Waals surface area contributed by atoms with Gasteiger partial charge in [-0.2, -0.15) is 0 Å². The zero-order valence-electron chi connectivity index (χ0n) is 14.4. The van der Waals surface area contributed by atoms with Crippen LogP contribution in [0.5, 0.6) is 11.5 Å². The van der Waals surface area contributed by atoms with Crippen molar-refractivity contribution in [3.63, 3.8) is 0 Å². The Hall–Kier alpha value is -3.08. The first-order valence-electron chi connectivity index (χ1n) is 8.81. The predicted molar refractivity (Wildman–Crippen MR) is 100 cm³/mol. The zero-order chi connectivity index (χ0) is 17.5. The number of pyridine rings is 1. The number of nitrogens with zero attached hydrogens (tertiary/aromatic N) is 2. The van der Waals surface area contributed by atoms with Crippen LogP contribution < -0.4 is 14.8 Å². The minimum Gasteiger partial charge on any atom is -0.485 e. The lowest BCUT2D eigenvalue weighted by Gasteiger charge is -2.27. The van der Waals surface area contributed by atoms with Gasteiger partial charge in [0.1, 0.15) is 12.4 Å². The van der Waals surface area contributed by atoms with Crippen LogP contribution in [0, 0.1) is 0 Å². The smallest absolute Gasteiger partial charge is 0.189 e. The summed E-state index contributed by atoms with van der Waals surface area (Å²) in [6.45, 7) is 2.60. The van der Waals surface area contributed by atoms with Crippen LogP contribution in [0.25, 0.3) is 5.57 Å². The number of amidine groups is 1. The van der Waals surface area contributed by atoms with E-state index in [9.17, 15) is 0 Å². The van der Waals surface area contributed by atoms with Crippen LogP contribution in [0.2, 0.25) is 0 Å². The van der Waals surface area contributed by atoms with Crippen molar-refractivity contribution in [2.45, 2.75) is 25.1 Å². The summed E-state index contributed by atoms with van der Waals surface area (Å²) >= 11 is 0. The van der Waals surface area contributed by atoms with Crippen LogP contribution >= 0.6 is 0 Å². The molecule has 1 N–H and O–H groups in total. The van der Waals surface area contributed by atoms with Crippen LogP contribution in [-0.4, -0.2) is 35.6 Å². The maximum Gasteiger partial charge on any atom is 0.189 e.